The van der Waals surface area contributed by atoms with Crippen LogP contribution in [0.1, 0.15) is 39.5 Å². The van der Waals surface area contributed by atoms with E-state index >= 15 is 0 Å². The molecule has 0 aromatic rings. The van der Waals surface area contributed by atoms with Gasteiger partial charge in [-0.2, -0.15) is 11.8 Å². The molecule has 0 saturated carbocycles. The quantitative estimate of drug-likeness (QED) is 0.739. The lowest BCUT2D eigenvalue weighted by atomic mass is 9.91. The summed E-state index contributed by atoms with van der Waals surface area (Å²) in [5.41, 5.74) is 0. The van der Waals surface area contributed by atoms with E-state index in [1.54, 1.807) is 0 Å². The molecule has 78 valence electrons. The number of hydrogen-bond acceptors (Lipinski definition) is 2. The SMILES string of the molecule is CCCC(C)CC(O)C1CCSC1. The minimum absolute atomic E-state index is 0.0310. The second-order valence-electron chi connectivity index (χ2n) is 4.32. The van der Waals surface area contributed by atoms with Crippen molar-refractivity contribution >= 4 is 11.8 Å². The lowest BCUT2D eigenvalue weighted by Gasteiger charge is -2.20. The molecule has 1 nitrogen and oxygen atoms in total. The van der Waals surface area contributed by atoms with Crippen molar-refractivity contribution in [3.63, 3.8) is 0 Å². The fourth-order valence-electron chi connectivity index (χ4n) is 2.07. The van der Waals surface area contributed by atoms with Gasteiger partial charge in [0.05, 0.1) is 6.10 Å². The third kappa shape index (κ3) is 3.90. The van der Waals surface area contributed by atoms with Crippen molar-refractivity contribution in [3.8, 4) is 0 Å². The first-order valence-electron chi connectivity index (χ1n) is 5.49. The molecule has 2 heteroatoms. The van der Waals surface area contributed by atoms with Crippen LogP contribution < -0.4 is 0 Å². The van der Waals surface area contributed by atoms with Crippen LogP contribution in [-0.4, -0.2) is 22.7 Å². The van der Waals surface area contributed by atoms with Crippen molar-refractivity contribution in [2.45, 2.75) is 45.6 Å². The molecule has 1 rings (SSSR count). The highest BCUT2D eigenvalue weighted by Crippen LogP contribution is 2.29. The highest BCUT2D eigenvalue weighted by atomic mass is 32.2. The van der Waals surface area contributed by atoms with Crippen molar-refractivity contribution < 1.29 is 5.11 Å². The summed E-state index contributed by atoms with van der Waals surface area (Å²) in [6, 6.07) is 0. The summed E-state index contributed by atoms with van der Waals surface area (Å²) in [5.74, 6) is 3.72. The maximum atomic E-state index is 9.93. The maximum Gasteiger partial charge on any atom is 0.0579 e. The molecule has 0 aliphatic carbocycles. The fraction of sp³-hybridized carbons (Fsp3) is 1.00. The predicted molar refractivity (Wildman–Crippen MR) is 60.1 cm³/mol. The first kappa shape index (κ1) is 11.4. The van der Waals surface area contributed by atoms with Crippen LogP contribution in [0.3, 0.4) is 0 Å². The van der Waals surface area contributed by atoms with E-state index in [9.17, 15) is 5.11 Å². The van der Waals surface area contributed by atoms with Gasteiger partial charge in [-0.1, -0.05) is 26.7 Å². The van der Waals surface area contributed by atoms with Crippen LogP contribution >= 0.6 is 11.8 Å². The second kappa shape index (κ2) is 5.92. The van der Waals surface area contributed by atoms with Crippen LogP contribution in [0.15, 0.2) is 0 Å². The largest absolute Gasteiger partial charge is 0.393 e. The van der Waals surface area contributed by atoms with E-state index in [-0.39, 0.29) is 6.10 Å². The van der Waals surface area contributed by atoms with Gasteiger partial charge in [0.1, 0.15) is 0 Å². The van der Waals surface area contributed by atoms with Crippen LogP contribution in [0.25, 0.3) is 0 Å². The summed E-state index contributed by atoms with van der Waals surface area (Å²) in [5, 5.41) is 9.93. The monoisotopic (exact) mass is 202 g/mol. The number of hydrogen-bond donors (Lipinski definition) is 1. The minimum atomic E-state index is -0.0310. The zero-order valence-electron chi connectivity index (χ0n) is 8.83. The summed E-state index contributed by atoms with van der Waals surface area (Å²) in [7, 11) is 0. The second-order valence-corrected chi connectivity index (χ2v) is 5.47. The van der Waals surface area contributed by atoms with Gasteiger partial charge >= 0.3 is 0 Å². The molecule has 13 heavy (non-hydrogen) atoms. The molecule has 1 fully saturated rings. The van der Waals surface area contributed by atoms with E-state index in [4.69, 9.17) is 0 Å². The van der Waals surface area contributed by atoms with E-state index in [1.165, 1.54) is 30.8 Å². The van der Waals surface area contributed by atoms with Crippen LogP contribution in [0, 0.1) is 11.8 Å². The number of aliphatic hydroxyl groups is 1. The molecule has 0 spiro atoms. The molecule has 3 atom stereocenters. The van der Waals surface area contributed by atoms with Gasteiger partial charge < -0.3 is 5.11 Å². The molecular weight excluding hydrogens is 180 g/mol. The summed E-state index contributed by atoms with van der Waals surface area (Å²) in [6.07, 6.45) is 4.71. The zero-order chi connectivity index (χ0) is 9.68. The summed E-state index contributed by atoms with van der Waals surface area (Å²) in [4.78, 5) is 0. The van der Waals surface area contributed by atoms with Gasteiger partial charge in [-0.05, 0) is 36.2 Å². The van der Waals surface area contributed by atoms with Crippen LogP contribution in [0.2, 0.25) is 0 Å². The summed E-state index contributed by atoms with van der Waals surface area (Å²) >= 11 is 1.99. The molecular formula is C11H22OS. The maximum absolute atomic E-state index is 9.93. The topological polar surface area (TPSA) is 20.2 Å². The molecule has 3 unspecified atom stereocenters. The Morgan fingerprint density at radius 1 is 1.54 bits per heavy atom. The highest BCUT2D eigenvalue weighted by Gasteiger charge is 2.24. The molecule has 1 saturated heterocycles. The van der Waals surface area contributed by atoms with Crippen LogP contribution in [0.4, 0.5) is 0 Å². The van der Waals surface area contributed by atoms with E-state index in [1.807, 2.05) is 11.8 Å². The molecule has 1 aliphatic heterocycles. The van der Waals surface area contributed by atoms with Gasteiger partial charge in [0, 0.05) is 0 Å². The van der Waals surface area contributed by atoms with Crippen LogP contribution in [-0.2, 0) is 0 Å². The average molecular weight is 202 g/mol. The lowest BCUT2D eigenvalue weighted by molar-refractivity contribution is 0.0936. The number of rotatable bonds is 5. The average Bonchev–Trinajstić information content (AvgIpc) is 2.55. The molecule has 0 bridgehead atoms. The third-order valence-corrected chi connectivity index (χ3v) is 4.12. The van der Waals surface area contributed by atoms with Crippen molar-refractivity contribution in [1.29, 1.82) is 0 Å². The summed E-state index contributed by atoms with van der Waals surface area (Å²) in [6.45, 7) is 4.48. The van der Waals surface area contributed by atoms with Gasteiger partial charge in [-0.3, -0.25) is 0 Å². The zero-order valence-corrected chi connectivity index (χ0v) is 9.65. The third-order valence-electron chi connectivity index (χ3n) is 2.93. The number of aliphatic hydroxyl groups excluding tert-OH is 1. The Bertz CT molecular complexity index is 132. The predicted octanol–water partition coefficient (Wildman–Crippen LogP) is 2.93. The Balaban J connectivity index is 2.18. The normalized spacial score (nSPS) is 27.5. The van der Waals surface area contributed by atoms with Gasteiger partial charge in [-0.15, -0.1) is 0 Å². The Kier molecular flexibility index (Phi) is 5.18. The molecule has 0 aromatic heterocycles. The minimum Gasteiger partial charge on any atom is -0.393 e. The fourth-order valence-corrected chi connectivity index (χ4v) is 3.40. The van der Waals surface area contributed by atoms with Gasteiger partial charge in [0.15, 0.2) is 0 Å². The van der Waals surface area contributed by atoms with Crippen LogP contribution in [0.5, 0.6) is 0 Å². The molecule has 0 aromatic carbocycles. The molecule has 1 heterocycles. The Labute approximate surface area is 86.3 Å². The van der Waals surface area contributed by atoms with E-state index in [0.29, 0.717) is 11.8 Å². The van der Waals surface area contributed by atoms with Gasteiger partial charge in [-0.25, -0.2) is 0 Å². The smallest absolute Gasteiger partial charge is 0.0579 e. The first-order valence-corrected chi connectivity index (χ1v) is 6.65. The molecule has 0 radical (unpaired) electrons. The number of thioether (sulfide) groups is 1. The van der Waals surface area contributed by atoms with E-state index in [2.05, 4.69) is 13.8 Å². The van der Waals surface area contributed by atoms with Crippen molar-refractivity contribution in [3.05, 3.63) is 0 Å². The van der Waals surface area contributed by atoms with Gasteiger partial charge in [0.2, 0.25) is 0 Å². The Hall–Kier alpha value is 0.310. The summed E-state index contributed by atoms with van der Waals surface area (Å²) < 4.78 is 0. The van der Waals surface area contributed by atoms with Gasteiger partial charge in [0.25, 0.3) is 0 Å². The highest BCUT2D eigenvalue weighted by molar-refractivity contribution is 7.99. The molecule has 1 aliphatic rings. The van der Waals surface area contributed by atoms with E-state index < -0.39 is 0 Å². The molecule has 0 amide bonds. The standard InChI is InChI=1S/C11H22OS/c1-3-4-9(2)7-11(12)10-5-6-13-8-10/h9-12H,3-8H2,1-2H3. The lowest BCUT2D eigenvalue weighted by Crippen LogP contribution is -2.22. The molecule has 1 N–H and O–H groups in total. The first-order chi connectivity index (χ1) is 6.24. The van der Waals surface area contributed by atoms with Crippen molar-refractivity contribution in [1.82, 2.24) is 0 Å². The Morgan fingerprint density at radius 3 is 2.85 bits per heavy atom. The van der Waals surface area contributed by atoms with E-state index in [0.717, 1.165) is 6.42 Å². The Morgan fingerprint density at radius 2 is 2.31 bits per heavy atom. The van der Waals surface area contributed by atoms with Crippen molar-refractivity contribution in [2.24, 2.45) is 11.8 Å². The van der Waals surface area contributed by atoms with Crippen molar-refractivity contribution in [2.75, 3.05) is 11.5 Å².